The minimum atomic E-state index is -0.557. The summed E-state index contributed by atoms with van der Waals surface area (Å²) >= 11 is 11.7. The lowest BCUT2D eigenvalue weighted by Gasteiger charge is -2.10. The molecule has 3 heteroatoms. The molecule has 1 atom stereocenters. The number of carbonyl (C=O) groups excluding carboxylic acids is 1. The molecule has 0 N–H and O–H groups in total. The van der Waals surface area contributed by atoms with Crippen molar-refractivity contribution in [2.45, 2.75) is 25.1 Å². The van der Waals surface area contributed by atoms with Gasteiger partial charge < -0.3 is 0 Å². The molecule has 0 aliphatic carbocycles. The fourth-order valence-corrected chi connectivity index (χ4v) is 1.67. The van der Waals surface area contributed by atoms with Gasteiger partial charge in [-0.1, -0.05) is 18.2 Å². The van der Waals surface area contributed by atoms with Crippen LogP contribution in [-0.2, 0) is 10.7 Å². The fourth-order valence-electron chi connectivity index (χ4n) is 1.27. The summed E-state index contributed by atoms with van der Waals surface area (Å²) in [5.74, 6) is 0.399. The average Bonchev–Trinajstić information content (AvgIpc) is 2.17. The highest BCUT2D eigenvalue weighted by atomic mass is 35.5. The predicted molar refractivity (Wildman–Crippen MR) is 60.0 cm³/mol. The molecule has 76 valence electrons. The molecule has 0 amide bonds. The Labute approximate surface area is 94.0 Å². The van der Waals surface area contributed by atoms with Crippen molar-refractivity contribution < 1.29 is 4.79 Å². The standard InChI is InChI=1S/C11H12Cl2O/c1-7-3-4-9(6-12)5-10(7)11(13)8(2)14/h3-5,11H,6H2,1-2H3. The molecule has 1 rings (SSSR count). The maximum atomic E-state index is 11.1. The second-order valence-corrected chi connectivity index (χ2v) is 4.00. The van der Waals surface area contributed by atoms with Crippen LogP contribution in [0, 0.1) is 6.92 Å². The van der Waals surface area contributed by atoms with Crippen LogP contribution in [0.2, 0.25) is 0 Å². The molecule has 1 nitrogen and oxygen atoms in total. The molecule has 0 aliphatic rings. The van der Waals surface area contributed by atoms with Crippen molar-refractivity contribution in [2.75, 3.05) is 0 Å². The molecule has 1 aromatic rings. The number of benzene rings is 1. The Morgan fingerprint density at radius 2 is 2.14 bits per heavy atom. The minimum absolute atomic E-state index is 0.0403. The van der Waals surface area contributed by atoms with Gasteiger partial charge >= 0.3 is 0 Å². The summed E-state index contributed by atoms with van der Waals surface area (Å²) in [6.45, 7) is 3.43. The summed E-state index contributed by atoms with van der Waals surface area (Å²) in [5, 5.41) is -0.557. The van der Waals surface area contributed by atoms with Crippen LogP contribution >= 0.6 is 23.2 Å². The third-order valence-electron chi connectivity index (χ3n) is 2.13. The number of alkyl halides is 2. The molecule has 0 aromatic heterocycles. The van der Waals surface area contributed by atoms with Gasteiger partial charge in [-0.2, -0.15) is 0 Å². The first-order chi connectivity index (χ1) is 6.56. The maximum absolute atomic E-state index is 11.1. The average molecular weight is 231 g/mol. The van der Waals surface area contributed by atoms with Crippen LogP contribution in [-0.4, -0.2) is 5.78 Å². The van der Waals surface area contributed by atoms with E-state index in [1.165, 1.54) is 6.92 Å². The van der Waals surface area contributed by atoms with E-state index in [9.17, 15) is 4.79 Å². The number of ketones is 1. The highest BCUT2D eigenvalue weighted by molar-refractivity contribution is 6.30. The van der Waals surface area contributed by atoms with Crippen LogP contribution in [0.1, 0.15) is 29.0 Å². The molecule has 0 aliphatic heterocycles. The highest BCUT2D eigenvalue weighted by Crippen LogP contribution is 2.26. The van der Waals surface area contributed by atoms with E-state index in [0.717, 1.165) is 16.7 Å². The van der Waals surface area contributed by atoms with E-state index in [0.29, 0.717) is 5.88 Å². The van der Waals surface area contributed by atoms with Gasteiger partial charge in [0.25, 0.3) is 0 Å². The van der Waals surface area contributed by atoms with Crippen LogP contribution < -0.4 is 0 Å². The minimum Gasteiger partial charge on any atom is -0.298 e. The van der Waals surface area contributed by atoms with Gasteiger partial charge in [-0.25, -0.2) is 0 Å². The van der Waals surface area contributed by atoms with Gasteiger partial charge in [-0.05, 0) is 30.5 Å². The zero-order valence-electron chi connectivity index (χ0n) is 8.18. The first-order valence-electron chi connectivity index (χ1n) is 4.36. The fraction of sp³-hybridized carbons (Fsp3) is 0.364. The molecule has 1 unspecified atom stereocenters. The Balaban J connectivity index is 3.11. The topological polar surface area (TPSA) is 17.1 Å². The van der Waals surface area contributed by atoms with E-state index < -0.39 is 5.38 Å². The molecule has 0 saturated carbocycles. The number of hydrogen-bond donors (Lipinski definition) is 0. The van der Waals surface area contributed by atoms with Crippen LogP contribution in [0.25, 0.3) is 0 Å². The van der Waals surface area contributed by atoms with Gasteiger partial charge in [-0.3, -0.25) is 4.79 Å². The van der Waals surface area contributed by atoms with Gasteiger partial charge in [0.2, 0.25) is 0 Å². The number of halogens is 2. The van der Waals surface area contributed by atoms with Gasteiger partial charge in [0.05, 0.1) is 0 Å². The summed E-state index contributed by atoms with van der Waals surface area (Å²) in [6, 6.07) is 5.77. The van der Waals surface area contributed by atoms with E-state index in [2.05, 4.69) is 0 Å². The normalized spacial score (nSPS) is 12.6. The quantitative estimate of drug-likeness (QED) is 0.726. The second-order valence-electron chi connectivity index (χ2n) is 3.30. The van der Waals surface area contributed by atoms with E-state index in [1.54, 1.807) is 0 Å². The molecule has 0 heterocycles. The van der Waals surface area contributed by atoms with E-state index >= 15 is 0 Å². The van der Waals surface area contributed by atoms with E-state index in [1.807, 2.05) is 25.1 Å². The maximum Gasteiger partial charge on any atom is 0.152 e. The van der Waals surface area contributed by atoms with E-state index in [-0.39, 0.29) is 5.78 Å². The zero-order valence-corrected chi connectivity index (χ0v) is 9.69. The van der Waals surface area contributed by atoms with Gasteiger partial charge in [0.15, 0.2) is 5.78 Å². The Bertz CT molecular complexity index is 347. The van der Waals surface area contributed by atoms with Crippen molar-refractivity contribution in [1.29, 1.82) is 0 Å². The molecule has 0 saturated heterocycles. The monoisotopic (exact) mass is 230 g/mol. The van der Waals surface area contributed by atoms with Crippen LogP contribution in [0.4, 0.5) is 0 Å². The van der Waals surface area contributed by atoms with Crippen molar-refractivity contribution in [3.63, 3.8) is 0 Å². The summed E-state index contributed by atoms with van der Waals surface area (Å²) in [7, 11) is 0. The second kappa shape index (κ2) is 4.81. The van der Waals surface area contributed by atoms with Gasteiger partial charge in [-0.15, -0.1) is 23.2 Å². The molecule has 0 fully saturated rings. The van der Waals surface area contributed by atoms with Gasteiger partial charge in [0, 0.05) is 5.88 Å². The van der Waals surface area contributed by atoms with Crippen LogP contribution in [0.15, 0.2) is 18.2 Å². The first kappa shape index (κ1) is 11.5. The molecular weight excluding hydrogens is 219 g/mol. The molecular formula is C11H12Cl2O. The van der Waals surface area contributed by atoms with Crippen molar-refractivity contribution in [2.24, 2.45) is 0 Å². The Morgan fingerprint density at radius 3 is 2.64 bits per heavy atom. The number of carbonyl (C=O) groups is 1. The summed E-state index contributed by atoms with van der Waals surface area (Å²) in [6.07, 6.45) is 0. The smallest absolute Gasteiger partial charge is 0.152 e. The van der Waals surface area contributed by atoms with Crippen molar-refractivity contribution in [1.82, 2.24) is 0 Å². The number of rotatable bonds is 3. The number of hydrogen-bond acceptors (Lipinski definition) is 1. The molecule has 0 bridgehead atoms. The van der Waals surface area contributed by atoms with E-state index in [4.69, 9.17) is 23.2 Å². The summed E-state index contributed by atoms with van der Waals surface area (Å²) in [4.78, 5) is 11.1. The lowest BCUT2D eigenvalue weighted by Crippen LogP contribution is -2.04. The molecule has 1 aromatic carbocycles. The summed E-state index contributed by atoms with van der Waals surface area (Å²) < 4.78 is 0. The lowest BCUT2D eigenvalue weighted by atomic mass is 10.0. The number of Topliss-reactive ketones (excluding diaryl/α,β-unsaturated/α-hetero) is 1. The predicted octanol–water partition coefficient (Wildman–Crippen LogP) is 3.60. The van der Waals surface area contributed by atoms with Crippen LogP contribution in [0.3, 0.4) is 0 Å². The first-order valence-corrected chi connectivity index (χ1v) is 5.33. The van der Waals surface area contributed by atoms with Crippen molar-refractivity contribution >= 4 is 29.0 Å². The van der Waals surface area contributed by atoms with Gasteiger partial charge in [0.1, 0.15) is 5.38 Å². The van der Waals surface area contributed by atoms with Crippen molar-refractivity contribution in [3.05, 3.63) is 34.9 Å². The third-order valence-corrected chi connectivity index (χ3v) is 2.98. The molecule has 14 heavy (non-hydrogen) atoms. The summed E-state index contributed by atoms with van der Waals surface area (Å²) in [5.41, 5.74) is 2.87. The highest BCUT2D eigenvalue weighted by Gasteiger charge is 2.15. The number of aryl methyl sites for hydroxylation is 1. The Kier molecular flexibility index (Phi) is 3.97. The Hall–Kier alpha value is -0.530. The molecule has 0 spiro atoms. The zero-order chi connectivity index (χ0) is 10.7. The third kappa shape index (κ3) is 2.49. The largest absolute Gasteiger partial charge is 0.298 e. The lowest BCUT2D eigenvalue weighted by molar-refractivity contribution is -0.116. The SMILES string of the molecule is CC(=O)C(Cl)c1cc(CCl)ccc1C. The molecule has 0 radical (unpaired) electrons. The van der Waals surface area contributed by atoms with Crippen molar-refractivity contribution in [3.8, 4) is 0 Å². The van der Waals surface area contributed by atoms with Crippen LogP contribution in [0.5, 0.6) is 0 Å². The Morgan fingerprint density at radius 1 is 1.50 bits per heavy atom.